The summed E-state index contributed by atoms with van der Waals surface area (Å²) in [6.45, 7) is 5.05. The van der Waals surface area contributed by atoms with Crippen LogP contribution in [0.15, 0.2) is 53.7 Å². The van der Waals surface area contributed by atoms with Crippen molar-refractivity contribution in [1.82, 2.24) is 14.8 Å². The second-order valence-electron chi connectivity index (χ2n) is 7.42. The quantitative estimate of drug-likeness (QED) is 0.523. The van der Waals surface area contributed by atoms with Gasteiger partial charge >= 0.3 is 0 Å². The van der Waals surface area contributed by atoms with Gasteiger partial charge in [-0.3, -0.25) is 4.57 Å². The molecule has 1 aliphatic heterocycles. The Morgan fingerprint density at radius 1 is 1.16 bits per heavy atom. The maximum absolute atomic E-state index is 10.5. The maximum atomic E-state index is 10.5. The Morgan fingerprint density at radius 3 is 2.62 bits per heavy atom. The van der Waals surface area contributed by atoms with Crippen LogP contribution in [-0.2, 0) is 4.74 Å². The van der Waals surface area contributed by atoms with E-state index < -0.39 is 6.10 Å². The second kappa shape index (κ2) is 10.5. The van der Waals surface area contributed by atoms with Gasteiger partial charge in [0, 0.05) is 18.8 Å². The van der Waals surface area contributed by atoms with Crippen LogP contribution >= 0.6 is 11.8 Å². The van der Waals surface area contributed by atoms with Crippen LogP contribution in [-0.4, -0.2) is 64.6 Å². The molecule has 1 N–H and O–H groups in total. The van der Waals surface area contributed by atoms with Gasteiger partial charge in [0.1, 0.15) is 12.4 Å². The van der Waals surface area contributed by atoms with Crippen molar-refractivity contribution in [3.8, 4) is 17.5 Å². The first-order chi connectivity index (χ1) is 15.7. The van der Waals surface area contributed by atoms with Crippen molar-refractivity contribution in [2.75, 3.05) is 43.6 Å². The lowest BCUT2D eigenvalue weighted by Crippen LogP contribution is -2.38. The molecular weight excluding hydrogens is 426 g/mol. The molecule has 1 aromatic heterocycles. The monoisotopic (exact) mass is 451 g/mol. The molecule has 3 aromatic rings. The smallest absolute Gasteiger partial charge is 0.232 e. The number of nitriles is 1. The van der Waals surface area contributed by atoms with Gasteiger partial charge in [0.05, 0.1) is 36.6 Å². The van der Waals surface area contributed by atoms with Crippen molar-refractivity contribution in [2.45, 2.75) is 18.2 Å². The number of morpholine rings is 1. The molecule has 32 heavy (non-hydrogen) atoms. The molecule has 0 saturated carbocycles. The largest absolute Gasteiger partial charge is 0.491 e. The normalized spacial score (nSPS) is 14.7. The number of aromatic nitrogens is 3. The van der Waals surface area contributed by atoms with Gasteiger partial charge in [-0.2, -0.15) is 5.26 Å². The summed E-state index contributed by atoms with van der Waals surface area (Å²) in [6.07, 6.45) is -0.690. The third kappa shape index (κ3) is 5.22. The third-order valence-electron chi connectivity index (χ3n) is 5.10. The van der Waals surface area contributed by atoms with Crippen molar-refractivity contribution < 1.29 is 14.6 Å². The van der Waals surface area contributed by atoms with Gasteiger partial charge in [0.15, 0.2) is 5.16 Å². The number of benzene rings is 2. The first kappa shape index (κ1) is 22.1. The maximum Gasteiger partial charge on any atom is 0.232 e. The molecule has 4 rings (SSSR count). The number of aliphatic hydroxyl groups excluding tert-OH is 1. The lowest BCUT2D eigenvalue weighted by Gasteiger charge is -2.28. The van der Waals surface area contributed by atoms with Gasteiger partial charge in [0.25, 0.3) is 0 Å². The summed E-state index contributed by atoms with van der Waals surface area (Å²) in [5, 5.41) is 29.0. The van der Waals surface area contributed by atoms with E-state index in [1.54, 1.807) is 24.3 Å². The summed E-state index contributed by atoms with van der Waals surface area (Å²) in [4.78, 5) is 2.18. The summed E-state index contributed by atoms with van der Waals surface area (Å²) < 4.78 is 13.2. The van der Waals surface area contributed by atoms with Crippen molar-refractivity contribution in [2.24, 2.45) is 0 Å². The summed E-state index contributed by atoms with van der Waals surface area (Å²) in [6, 6.07) is 17.0. The standard InChI is InChI=1S/C23H25N5O3S/c1-17-4-2-3-5-21(17)28-22(27-10-12-30-13-11-27)25-26-23(28)32-16-19(29)15-31-20-8-6-18(14-24)7-9-20/h2-9,19,29H,10-13,15-16H2,1H3. The molecule has 0 amide bonds. The highest BCUT2D eigenvalue weighted by Crippen LogP contribution is 2.29. The molecule has 1 aliphatic rings. The third-order valence-corrected chi connectivity index (χ3v) is 6.17. The summed E-state index contributed by atoms with van der Waals surface area (Å²) >= 11 is 1.44. The van der Waals surface area contributed by atoms with Gasteiger partial charge in [0.2, 0.25) is 5.95 Å². The lowest BCUT2D eigenvalue weighted by molar-refractivity contribution is 0.122. The zero-order chi connectivity index (χ0) is 22.3. The fourth-order valence-corrected chi connectivity index (χ4v) is 4.23. The van der Waals surface area contributed by atoms with E-state index in [-0.39, 0.29) is 6.61 Å². The highest BCUT2D eigenvalue weighted by Gasteiger charge is 2.23. The molecular formula is C23H25N5O3S. The van der Waals surface area contributed by atoms with E-state index in [0.29, 0.717) is 30.3 Å². The van der Waals surface area contributed by atoms with Crippen LogP contribution in [0.4, 0.5) is 5.95 Å². The van der Waals surface area contributed by atoms with E-state index in [2.05, 4.69) is 44.8 Å². The van der Waals surface area contributed by atoms with Crippen LogP contribution in [0.3, 0.4) is 0 Å². The Morgan fingerprint density at radius 2 is 1.91 bits per heavy atom. The molecule has 1 fully saturated rings. The predicted molar refractivity (Wildman–Crippen MR) is 123 cm³/mol. The van der Waals surface area contributed by atoms with Crippen LogP contribution in [0.5, 0.6) is 5.75 Å². The average molecular weight is 452 g/mol. The van der Waals surface area contributed by atoms with Crippen molar-refractivity contribution in [3.63, 3.8) is 0 Å². The highest BCUT2D eigenvalue weighted by atomic mass is 32.2. The van der Waals surface area contributed by atoms with E-state index in [1.807, 2.05) is 12.1 Å². The first-order valence-electron chi connectivity index (χ1n) is 10.4. The molecule has 2 aromatic carbocycles. The zero-order valence-electron chi connectivity index (χ0n) is 17.8. The molecule has 0 spiro atoms. The Kier molecular flexibility index (Phi) is 7.27. The number of aryl methyl sites for hydroxylation is 1. The molecule has 166 valence electrons. The molecule has 2 heterocycles. The van der Waals surface area contributed by atoms with Gasteiger partial charge in [-0.15, -0.1) is 10.2 Å². The average Bonchev–Trinajstić information content (AvgIpc) is 3.26. The van der Waals surface area contributed by atoms with Crippen molar-refractivity contribution in [3.05, 3.63) is 59.7 Å². The number of para-hydroxylation sites is 1. The molecule has 1 atom stereocenters. The highest BCUT2D eigenvalue weighted by molar-refractivity contribution is 7.99. The Bertz CT molecular complexity index is 1070. The number of nitrogens with zero attached hydrogens (tertiary/aromatic N) is 5. The predicted octanol–water partition coefficient (Wildman–Crippen LogP) is 2.82. The minimum atomic E-state index is -0.690. The fraction of sp³-hybridized carbons (Fsp3) is 0.348. The molecule has 0 bridgehead atoms. The number of aliphatic hydroxyl groups is 1. The van der Waals surface area contributed by atoms with Gasteiger partial charge in [-0.1, -0.05) is 30.0 Å². The van der Waals surface area contributed by atoms with E-state index in [4.69, 9.17) is 14.7 Å². The topological polar surface area (TPSA) is 96.4 Å². The van der Waals surface area contributed by atoms with Gasteiger partial charge in [-0.25, -0.2) is 0 Å². The minimum absolute atomic E-state index is 0.147. The fourth-order valence-electron chi connectivity index (χ4n) is 3.39. The number of hydrogen-bond donors (Lipinski definition) is 1. The zero-order valence-corrected chi connectivity index (χ0v) is 18.7. The van der Waals surface area contributed by atoms with Gasteiger partial charge < -0.3 is 19.5 Å². The molecule has 9 heteroatoms. The van der Waals surface area contributed by atoms with Crippen molar-refractivity contribution in [1.29, 1.82) is 5.26 Å². The van der Waals surface area contributed by atoms with Crippen LogP contribution in [0.25, 0.3) is 5.69 Å². The SMILES string of the molecule is Cc1ccccc1-n1c(SCC(O)COc2ccc(C#N)cc2)nnc1N1CCOCC1. The van der Waals surface area contributed by atoms with Gasteiger partial charge in [-0.05, 0) is 42.8 Å². The van der Waals surface area contributed by atoms with E-state index in [1.165, 1.54) is 11.8 Å². The summed E-state index contributed by atoms with van der Waals surface area (Å²) in [5.41, 5.74) is 2.71. The molecule has 0 radical (unpaired) electrons. The van der Waals surface area contributed by atoms with Crippen LogP contribution in [0.2, 0.25) is 0 Å². The second-order valence-corrected chi connectivity index (χ2v) is 8.40. The van der Waals surface area contributed by atoms with E-state index in [9.17, 15) is 5.11 Å². The Labute approximate surface area is 191 Å². The minimum Gasteiger partial charge on any atom is -0.491 e. The summed E-state index contributed by atoms with van der Waals surface area (Å²) in [5.74, 6) is 1.81. The lowest BCUT2D eigenvalue weighted by atomic mass is 10.2. The van der Waals surface area contributed by atoms with Crippen LogP contribution in [0, 0.1) is 18.3 Å². The number of anilines is 1. The van der Waals surface area contributed by atoms with Crippen LogP contribution < -0.4 is 9.64 Å². The van der Waals surface area contributed by atoms with Crippen LogP contribution in [0.1, 0.15) is 11.1 Å². The summed E-state index contributed by atoms with van der Waals surface area (Å²) in [7, 11) is 0. The van der Waals surface area contributed by atoms with E-state index in [0.717, 1.165) is 35.4 Å². The number of thioether (sulfide) groups is 1. The first-order valence-corrected chi connectivity index (χ1v) is 11.4. The Hall–Kier alpha value is -3.06. The number of ether oxygens (including phenoxy) is 2. The molecule has 8 nitrogen and oxygen atoms in total. The molecule has 0 aliphatic carbocycles. The Balaban J connectivity index is 1.46. The number of hydrogen-bond acceptors (Lipinski definition) is 8. The van der Waals surface area contributed by atoms with E-state index >= 15 is 0 Å². The molecule has 1 unspecified atom stereocenters. The van der Waals surface area contributed by atoms with Crippen molar-refractivity contribution >= 4 is 17.7 Å². The molecule has 1 saturated heterocycles. The number of rotatable bonds is 8.